The zero-order chi connectivity index (χ0) is 20.2. The zero-order valence-corrected chi connectivity index (χ0v) is 18.2. The molecule has 1 fully saturated rings. The van der Waals surface area contributed by atoms with E-state index >= 15 is 0 Å². The Morgan fingerprint density at radius 3 is 2.37 bits per heavy atom. The fourth-order valence-corrected chi connectivity index (χ4v) is 4.41. The van der Waals surface area contributed by atoms with Crippen molar-refractivity contribution in [3.63, 3.8) is 0 Å². The van der Waals surface area contributed by atoms with Crippen molar-refractivity contribution in [3.05, 3.63) is 35.4 Å². The van der Waals surface area contributed by atoms with Gasteiger partial charge in [0, 0.05) is 5.75 Å². The van der Waals surface area contributed by atoms with Gasteiger partial charge in [0.2, 0.25) is 5.91 Å². The molecule has 1 saturated heterocycles. The molecule has 0 bridgehead atoms. The van der Waals surface area contributed by atoms with Gasteiger partial charge in [-0.05, 0) is 35.8 Å². The molecule has 0 aromatic heterocycles. The van der Waals surface area contributed by atoms with Crippen molar-refractivity contribution in [2.24, 2.45) is 5.92 Å². The molecule has 1 aromatic carbocycles. The van der Waals surface area contributed by atoms with E-state index in [0.717, 1.165) is 12.2 Å². The second-order valence-electron chi connectivity index (χ2n) is 8.84. The normalized spacial score (nSPS) is 21.5. The number of ether oxygens (including phenoxy) is 1. The van der Waals surface area contributed by atoms with Crippen LogP contribution in [0.3, 0.4) is 0 Å². The summed E-state index contributed by atoms with van der Waals surface area (Å²) >= 11 is 1.65. The van der Waals surface area contributed by atoms with Crippen molar-refractivity contribution in [2.75, 3.05) is 6.61 Å². The standard InChI is InChI=1S/C22H33NO3S/c1-14(2)11-19(21(25)23-20-15(3)26-12-18(20)24)27-13-16-7-9-17(10-8-16)22(4,5)6/h7-10,14-15,19-20H,11-13H2,1-6H3,(H,23,25)/t15?,19-,20+/m1/s1. The van der Waals surface area contributed by atoms with E-state index in [4.69, 9.17) is 4.74 Å². The Morgan fingerprint density at radius 2 is 1.89 bits per heavy atom. The summed E-state index contributed by atoms with van der Waals surface area (Å²) in [5.74, 6) is 1.09. The number of Topliss-reactive ketones (excluding diaryl/α,β-unsaturated/α-hetero) is 1. The van der Waals surface area contributed by atoms with Crippen LogP contribution in [-0.4, -0.2) is 35.7 Å². The molecule has 1 N–H and O–H groups in total. The summed E-state index contributed by atoms with van der Waals surface area (Å²) in [7, 11) is 0. The van der Waals surface area contributed by atoms with Crippen LogP contribution in [0.1, 0.15) is 59.1 Å². The summed E-state index contributed by atoms with van der Waals surface area (Å²) in [5, 5.41) is 2.74. The van der Waals surface area contributed by atoms with Crippen molar-refractivity contribution < 1.29 is 14.3 Å². The Labute approximate surface area is 167 Å². The average Bonchev–Trinajstić information content (AvgIpc) is 2.89. The zero-order valence-electron chi connectivity index (χ0n) is 17.4. The summed E-state index contributed by atoms with van der Waals surface area (Å²) in [6.07, 6.45) is 0.531. The van der Waals surface area contributed by atoms with E-state index in [2.05, 4.69) is 64.2 Å². The topological polar surface area (TPSA) is 55.4 Å². The molecule has 1 amide bonds. The molecule has 0 saturated carbocycles. The summed E-state index contributed by atoms with van der Waals surface area (Å²) in [5.41, 5.74) is 2.66. The maximum atomic E-state index is 12.8. The monoisotopic (exact) mass is 391 g/mol. The number of nitrogens with one attached hydrogen (secondary N) is 1. The van der Waals surface area contributed by atoms with Gasteiger partial charge in [0.25, 0.3) is 0 Å². The molecule has 4 nitrogen and oxygen atoms in total. The van der Waals surface area contributed by atoms with Gasteiger partial charge in [-0.2, -0.15) is 0 Å². The fourth-order valence-electron chi connectivity index (χ4n) is 3.08. The molecule has 5 heteroatoms. The van der Waals surface area contributed by atoms with E-state index in [1.54, 1.807) is 11.8 Å². The van der Waals surface area contributed by atoms with Crippen molar-refractivity contribution in [3.8, 4) is 0 Å². The summed E-state index contributed by atoms with van der Waals surface area (Å²) in [6, 6.07) is 8.12. The number of amides is 1. The third-order valence-electron chi connectivity index (χ3n) is 4.85. The van der Waals surface area contributed by atoms with E-state index in [-0.39, 0.29) is 35.1 Å². The quantitative estimate of drug-likeness (QED) is 0.760. The first-order valence-corrected chi connectivity index (χ1v) is 10.8. The van der Waals surface area contributed by atoms with Crippen LogP contribution in [0.5, 0.6) is 0 Å². The lowest BCUT2D eigenvalue weighted by molar-refractivity contribution is -0.126. The van der Waals surface area contributed by atoms with E-state index in [1.165, 1.54) is 11.1 Å². The Bertz CT molecular complexity index is 649. The molecule has 0 spiro atoms. The molecule has 1 unspecified atom stereocenters. The van der Waals surface area contributed by atoms with Gasteiger partial charge in [-0.25, -0.2) is 0 Å². The fraction of sp³-hybridized carbons (Fsp3) is 0.636. The van der Waals surface area contributed by atoms with Gasteiger partial charge in [0.1, 0.15) is 12.6 Å². The second-order valence-corrected chi connectivity index (χ2v) is 10.0. The Balaban J connectivity index is 1.99. The average molecular weight is 392 g/mol. The summed E-state index contributed by atoms with van der Waals surface area (Å²) in [4.78, 5) is 24.7. The van der Waals surface area contributed by atoms with Gasteiger partial charge in [-0.3, -0.25) is 9.59 Å². The first-order chi connectivity index (χ1) is 12.6. The van der Waals surface area contributed by atoms with Gasteiger partial charge >= 0.3 is 0 Å². The molecule has 2 rings (SSSR count). The molecule has 1 aliphatic rings. The molecule has 3 atom stereocenters. The van der Waals surface area contributed by atoms with Crippen molar-refractivity contribution >= 4 is 23.5 Å². The molecule has 27 heavy (non-hydrogen) atoms. The van der Waals surface area contributed by atoms with Crippen LogP contribution in [0.25, 0.3) is 0 Å². The lowest BCUT2D eigenvalue weighted by atomic mass is 9.87. The first-order valence-electron chi connectivity index (χ1n) is 9.73. The lowest BCUT2D eigenvalue weighted by Crippen LogP contribution is -2.47. The minimum Gasteiger partial charge on any atom is -0.368 e. The second kappa shape index (κ2) is 9.24. The van der Waals surface area contributed by atoms with Crippen molar-refractivity contribution in [2.45, 2.75) is 76.5 Å². The number of rotatable bonds is 7. The maximum Gasteiger partial charge on any atom is 0.233 e. The number of hydrogen-bond donors (Lipinski definition) is 1. The van der Waals surface area contributed by atoms with Gasteiger partial charge < -0.3 is 10.1 Å². The predicted octanol–water partition coefficient (Wildman–Crippen LogP) is 4.10. The smallest absolute Gasteiger partial charge is 0.233 e. The Morgan fingerprint density at radius 1 is 1.26 bits per heavy atom. The Hall–Kier alpha value is -1.33. The van der Waals surface area contributed by atoms with E-state index < -0.39 is 6.04 Å². The number of ketones is 1. The van der Waals surface area contributed by atoms with Gasteiger partial charge in [0.05, 0.1) is 11.4 Å². The maximum absolute atomic E-state index is 12.8. The highest BCUT2D eigenvalue weighted by Gasteiger charge is 2.35. The lowest BCUT2D eigenvalue weighted by Gasteiger charge is -2.22. The van der Waals surface area contributed by atoms with Gasteiger partial charge in [-0.1, -0.05) is 58.9 Å². The highest BCUT2D eigenvalue weighted by atomic mass is 32.2. The molecule has 150 valence electrons. The molecule has 1 aliphatic heterocycles. The first kappa shape index (κ1) is 22.0. The SMILES string of the molecule is CC(C)C[C@@H](SCc1ccc(C(C)(C)C)cc1)C(=O)N[C@@H]1C(=O)COC1C. The molecule has 1 heterocycles. The number of hydrogen-bond acceptors (Lipinski definition) is 4. The van der Waals surface area contributed by atoms with Crippen LogP contribution in [0, 0.1) is 5.92 Å². The highest BCUT2D eigenvalue weighted by molar-refractivity contribution is 7.99. The van der Waals surface area contributed by atoms with Gasteiger partial charge in [-0.15, -0.1) is 11.8 Å². The van der Waals surface area contributed by atoms with Crippen LogP contribution in [-0.2, 0) is 25.5 Å². The third-order valence-corrected chi connectivity index (χ3v) is 6.16. The van der Waals surface area contributed by atoms with Crippen molar-refractivity contribution in [1.82, 2.24) is 5.32 Å². The number of carbonyl (C=O) groups is 2. The summed E-state index contributed by atoms with van der Waals surface area (Å²) < 4.78 is 5.34. The van der Waals surface area contributed by atoms with Crippen LogP contribution in [0.4, 0.5) is 0 Å². The minimum atomic E-state index is -0.515. The number of benzene rings is 1. The van der Waals surface area contributed by atoms with Crippen molar-refractivity contribution in [1.29, 1.82) is 0 Å². The Kier molecular flexibility index (Phi) is 7.52. The molecular weight excluding hydrogens is 358 g/mol. The highest BCUT2D eigenvalue weighted by Crippen LogP contribution is 2.27. The number of thioether (sulfide) groups is 1. The molecular formula is C22H33NO3S. The summed E-state index contributed by atoms with van der Waals surface area (Å²) in [6.45, 7) is 12.8. The molecule has 0 aliphatic carbocycles. The van der Waals surface area contributed by atoms with Crippen LogP contribution in [0.2, 0.25) is 0 Å². The third kappa shape index (κ3) is 6.35. The van der Waals surface area contributed by atoms with E-state index in [9.17, 15) is 9.59 Å². The number of carbonyl (C=O) groups excluding carboxylic acids is 2. The van der Waals surface area contributed by atoms with Crippen LogP contribution in [0.15, 0.2) is 24.3 Å². The largest absolute Gasteiger partial charge is 0.368 e. The van der Waals surface area contributed by atoms with Gasteiger partial charge in [0.15, 0.2) is 5.78 Å². The molecule has 1 aromatic rings. The van der Waals surface area contributed by atoms with Crippen LogP contribution < -0.4 is 5.32 Å². The van der Waals surface area contributed by atoms with E-state index in [1.807, 2.05) is 6.92 Å². The predicted molar refractivity (Wildman–Crippen MR) is 112 cm³/mol. The molecule has 0 radical (unpaired) electrons. The van der Waals surface area contributed by atoms with Crippen LogP contribution >= 0.6 is 11.8 Å². The van der Waals surface area contributed by atoms with E-state index in [0.29, 0.717) is 5.92 Å². The minimum absolute atomic E-state index is 0.0399.